The van der Waals surface area contributed by atoms with Crippen molar-refractivity contribution in [3.05, 3.63) is 59.7 Å². The number of hydrogen-bond donors (Lipinski definition) is 1. The number of nitrogens with one attached hydrogen (secondary N) is 1. The molecule has 2 aromatic heterocycles. The predicted molar refractivity (Wildman–Crippen MR) is 88.7 cm³/mol. The van der Waals surface area contributed by atoms with Crippen LogP contribution >= 0.6 is 0 Å². The predicted octanol–water partition coefficient (Wildman–Crippen LogP) is 1.62. The van der Waals surface area contributed by atoms with E-state index in [0.29, 0.717) is 6.54 Å². The molecule has 2 atom stereocenters. The largest absolute Gasteiger partial charge is 0.350 e. The molecule has 2 amide bonds. The Hall–Kier alpha value is -2.76. The Morgan fingerprint density at radius 1 is 1.33 bits per heavy atom. The van der Waals surface area contributed by atoms with Gasteiger partial charge < -0.3 is 10.2 Å². The summed E-state index contributed by atoms with van der Waals surface area (Å²) in [4.78, 5) is 34.8. The van der Waals surface area contributed by atoms with E-state index >= 15 is 0 Å². The van der Waals surface area contributed by atoms with Crippen molar-refractivity contribution in [1.82, 2.24) is 20.2 Å². The zero-order valence-electron chi connectivity index (χ0n) is 13.8. The number of rotatable bonds is 4. The second-order valence-corrected chi connectivity index (χ2v) is 6.03. The Morgan fingerprint density at radius 3 is 2.83 bits per heavy atom. The lowest BCUT2D eigenvalue weighted by Gasteiger charge is -2.24. The number of amides is 2. The van der Waals surface area contributed by atoms with Gasteiger partial charge in [-0.1, -0.05) is 12.1 Å². The highest BCUT2D eigenvalue weighted by molar-refractivity contribution is 5.90. The van der Waals surface area contributed by atoms with Crippen LogP contribution in [0.5, 0.6) is 0 Å². The van der Waals surface area contributed by atoms with Crippen molar-refractivity contribution in [2.24, 2.45) is 5.92 Å². The Morgan fingerprint density at radius 2 is 2.12 bits per heavy atom. The molecular weight excluding hydrogens is 304 g/mol. The van der Waals surface area contributed by atoms with Crippen molar-refractivity contribution >= 4 is 11.8 Å². The molecule has 1 fully saturated rings. The Bertz CT molecular complexity index is 748. The van der Waals surface area contributed by atoms with Gasteiger partial charge in [0.25, 0.3) is 0 Å². The molecule has 3 heterocycles. The van der Waals surface area contributed by atoms with Crippen LogP contribution in [-0.2, 0) is 16.1 Å². The van der Waals surface area contributed by atoms with Gasteiger partial charge in [0.15, 0.2) is 0 Å². The fourth-order valence-corrected chi connectivity index (χ4v) is 3.12. The summed E-state index contributed by atoms with van der Waals surface area (Å²) >= 11 is 0. The van der Waals surface area contributed by atoms with E-state index in [1.54, 1.807) is 30.5 Å². The lowest BCUT2D eigenvalue weighted by atomic mass is 9.94. The molecule has 1 aliphatic rings. The molecule has 3 rings (SSSR count). The van der Waals surface area contributed by atoms with E-state index in [2.05, 4.69) is 15.3 Å². The number of pyridine rings is 2. The molecule has 2 aromatic rings. The number of carbonyl (C=O) groups is 2. The molecule has 1 N–H and O–H groups in total. The zero-order chi connectivity index (χ0) is 17.1. The molecule has 0 radical (unpaired) electrons. The second-order valence-electron chi connectivity index (χ2n) is 6.03. The summed E-state index contributed by atoms with van der Waals surface area (Å²) in [7, 11) is 1.73. The summed E-state index contributed by atoms with van der Waals surface area (Å²) < 4.78 is 0. The number of carbonyl (C=O) groups excluding carboxylic acids is 2. The van der Waals surface area contributed by atoms with E-state index < -0.39 is 5.92 Å². The van der Waals surface area contributed by atoms with Crippen molar-refractivity contribution in [1.29, 1.82) is 0 Å². The zero-order valence-corrected chi connectivity index (χ0v) is 13.8. The number of aryl methyl sites for hydroxylation is 1. The molecule has 1 aliphatic heterocycles. The maximum Gasteiger partial charge on any atom is 0.226 e. The van der Waals surface area contributed by atoms with Crippen LogP contribution in [0.15, 0.2) is 42.9 Å². The first kappa shape index (κ1) is 16.1. The van der Waals surface area contributed by atoms with Crippen LogP contribution in [0.2, 0.25) is 0 Å². The summed E-state index contributed by atoms with van der Waals surface area (Å²) in [6.45, 7) is 2.32. The maximum atomic E-state index is 12.7. The lowest BCUT2D eigenvalue weighted by molar-refractivity contribution is -0.128. The minimum absolute atomic E-state index is 0.0296. The van der Waals surface area contributed by atoms with Crippen molar-refractivity contribution in [3.63, 3.8) is 0 Å². The van der Waals surface area contributed by atoms with Crippen LogP contribution in [-0.4, -0.2) is 33.7 Å². The average Bonchev–Trinajstić information content (AvgIpc) is 2.90. The van der Waals surface area contributed by atoms with Crippen LogP contribution in [0.25, 0.3) is 0 Å². The van der Waals surface area contributed by atoms with Gasteiger partial charge in [-0.3, -0.25) is 19.6 Å². The van der Waals surface area contributed by atoms with Crippen molar-refractivity contribution in [2.45, 2.75) is 25.9 Å². The number of aromatic nitrogens is 2. The van der Waals surface area contributed by atoms with Gasteiger partial charge in [0.2, 0.25) is 11.8 Å². The molecule has 2 unspecified atom stereocenters. The first-order chi connectivity index (χ1) is 11.6. The van der Waals surface area contributed by atoms with Gasteiger partial charge in [0.05, 0.1) is 24.2 Å². The molecule has 0 bridgehead atoms. The second kappa shape index (κ2) is 6.78. The van der Waals surface area contributed by atoms with Crippen LogP contribution in [0.3, 0.4) is 0 Å². The maximum absolute atomic E-state index is 12.7. The van der Waals surface area contributed by atoms with Crippen LogP contribution in [0, 0.1) is 12.8 Å². The molecular formula is C18H20N4O2. The van der Waals surface area contributed by atoms with Crippen molar-refractivity contribution in [2.75, 3.05) is 7.05 Å². The number of likely N-dealkylation sites (tertiary alicyclic amines) is 1. The van der Waals surface area contributed by atoms with E-state index in [9.17, 15) is 9.59 Å². The SMILES string of the molecule is Cc1cccnc1CNC(=O)C1CC(=O)N(C)C1c1cccnc1. The molecule has 6 nitrogen and oxygen atoms in total. The monoisotopic (exact) mass is 324 g/mol. The van der Waals surface area contributed by atoms with Gasteiger partial charge in [-0.25, -0.2) is 0 Å². The summed E-state index contributed by atoms with van der Waals surface area (Å²) in [5.74, 6) is -0.583. The van der Waals surface area contributed by atoms with Gasteiger partial charge in [0, 0.05) is 32.1 Å². The molecule has 0 aliphatic carbocycles. The van der Waals surface area contributed by atoms with E-state index in [0.717, 1.165) is 16.8 Å². The molecule has 1 saturated heterocycles. The first-order valence-electron chi connectivity index (χ1n) is 7.91. The molecule has 0 spiro atoms. The van der Waals surface area contributed by atoms with Gasteiger partial charge in [-0.05, 0) is 30.2 Å². The average molecular weight is 324 g/mol. The minimum Gasteiger partial charge on any atom is -0.350 e. The third kappa shape index (κ3) is 3.13. The van der Waals surface area contributed by atoms with E-state index in [1.165, 1.54) is 0 Å². The third-order valence-electron chi connectivity index (χ3n) is 4.50. The third-order valence-corrected chi connectivity index (χ3v) is 4.50. The minimum atomic E-state index is -0.421. The first-order valence-corrected chi connectivity index (χ1v) is 7.91. The van der Waals surface area contributed by atoms with Crippen molar-refractivity contribution < 1.29 is 9.59 Å². The highest BCUT2D eigenvalue weighted by Crippen LogP contribution is 2.36. The van der Waals surface area contributed by atoms with Gasteiger partial charge >= 0.3 is 0 Å². The van der Waals surface area contributed by atoms with Crippen LogP contribution < -0.4 is 5.32 Å². The fourth-order valence-electron chi connectivity index (χ4n) is 3.12. The summed E-state index contributed by atoms with van der Waals surface area (Å²) in [6, 6.07) is 7.26. The fraction of sp³-hybridized carbons (Fsp3) is 0.333. The summed E-state index contributed by atoms with van der Waals surface area (Å²) in [5, 5.41) is 2.92. The van der Waals surface area contributed by atoms with Gasteiger partial charge in [0.1, 0.15) is 0 Å². The standard InChI is InChI=1S/C18H20N4O2/c1-12-5-3-8-20-15(12)11-21-18(24)14-9-16(23)22(2)17(14)13-6-4-7-19-10-13/h3-8,10,14,17H,9,11H2,1-2H3,(H,21,24). The molecule has 0 aromatic carbocycles. The Kier molecular flexibility index (Phi) is 4.55. The topological polar surface area (TPSA) is 75.2 Å². The highest BCUT2D eigenvalue weighted by atomic mass is 16.2. The Labute approximate surface area is 140 Å². The summed E-state index contributed by atoms with van der Waals surface area (Å²) in [6.07, 6.45) is 5.31. The Balaban J connectivity index is 1.75. The van der Waals surface area contributed by atoms with E-state index in [1.807, 2.05) is 31.2 Å². The quantitative estimate of drug-likeness (QED) is 0.927. The van der Waals surface area contributed by atoms with E-state index in [4.69, 9.17) is 0 Å². The highest BCUT2D eigenvalue weighted by Gasteiger charge is 2.42. The molecule has 6 heteroatoms. The van der Waals surface area contributed by atoms with Gasteiger partial charge in [-0.2, -0.15) is 0 Å². The smallest absolute Gasteiger partial charge is 0.226 e. The number of nitrogens with zero attached hydrogens (tertiary/aromatic N) is 3. The molecule has 24 heavy (non-hydrogen) atoms. The molecule has 124 valence electrons. The molecule has 0 saturated carbocycles. The summed E-state index contributed by atoms with van der Waals surface area (Å²) in [5.41, 5.74) is 2.74. The number of hydrogen-bond acceptors (Lipinski definition) is 4. The van der Waals surface area contributed by atoms with Crippen molar-refractivity contribution in [3.8, 4) is 0 Å². The van der Waals surface area contributed by atoms with Gasteiger partial charge in [-0.15, -0.1) is 0 Å². The van der Waals surface area contributed by atoms with E-state index in [-0.39, 0.29) is 24.3 Å². The van der Waals surface area contributed by atoms with Crippen LogP contribution in [0.1, 0.15) is 29.3 Å². The van der Waals surface area contributed by atoms with Crippen LogP contribution in [0.4, 0.5) is 0 Å². The lowest BCUT2D eigenvalue weighted by Crippen LogP contribution is -2.34. The normalized spacial score (nSPS) is 20.2.